The SMILES string of the molecule is CC1=C\[C@H]2O[C@@H](C/C=C/C=C/C(=O)O[C@@H]3C[C@@H](/C=C/C\C=C\1)O[C@@H](C/C=C\CC(O)C(=O)O)[C@]3(C)CO)C[C@H](O)[C@H]2C. The number of fused-ring (bicyclic) bond motifs is 4. The second kappa shape index (κ2) is 16.1. The zero-order chi connectivity index (χ0) is 30.7. The Kier molecular flexibility index (Phi) is 12.9. The minimum absolute atomic E-state index is 0.0213. The average molecular weight is 587 g/mol. The summed E-state index contributed by atoms with van der Waals surface area (Å²) in [6.45, 7) is 5.52. The summed E-state index contributed by atoms with van der Waals surface area (Å²) in [6, 6.07) is 0. The van der Waals surface area contributed by atoms with Gasteiger partial charge in [-0.2, -0.15) is 0 Å². The van der Waals surface area contributed by atoms with E-state index in [1.807, 2.05) is 51.2 Å². The van der Waals surface area contributed by atoms with E-state index in [1.165, 1.54) is 6.08 Å². The fourth-order valence-electron chi connectivity index (χ4n) is 5.44. The lowest BCUT2D eigenvalue weighted by molar-refractivity contribution is -0.198. The molecule has 0 aromatic heterocycles. The Balaban J connectivity index is 1.82. The van der Waals surface area contributed by atoms with Crippen LogP contribution in [-0.2, 0) is 23.8 Å². The normalized spacial score (nSPS) is 39.7. The number of hydrogen-bond donors (Lipinski definition) is 4. The molecule has 3 heterocycles. The molecule has 0 aromatic carbocycles. The molecular formula is C33H46O9. The highest BCUT2D eigenvalue weighted by atomic mass is 16.6. The molecule has 2 fully saturated rings. The van der Waals surface area contributed by atoms with Crippen molar-refractivity contribution in [3.8, 4) is 0 Å². The number of ether oxygens (including phenoxy) is 3. The minimum Gasteiger partial charge on any atom is -0.479 e. The van der Waals surface area contributed by atoms with Gasteiger partial charge in [-0.05, 0) is 26.2 Å². The molecule has 4 bridgehead atoms. The summed E-state index contributed by atoms with van der Waals surface area (Å²) in [5.74, 6) is -1.86. The van der Waals surface area contributed by atoms with E-state index < -0.39 is 41.8 Å². The van der Waals surface area contributed by atoms with Crippen LogP contribution in [0.15, 0.2) is 72.4 Å². The fourth-order valence-corrected chi connectivity index (χ4v) is 5.44. The van der Waals surface area contributed by atoms with Gasteiger partial charge in [0, 0.05) is 31.3 Å². The first-order valence-corrected chi connectivity index (χ1v) is 14.7. The molecule has 42 heavy (non-hydrogen) atoms. The molecule has 0 aliphatic carbocycles. The highest BCUT2D eigenvalue weighted by Gasteiger charge is 2.49. The van der Waals surface area contributed by atoms with Crippen molar-refractivity contribution in [2.45, 2.75) is 102 Å². The molecule has 9 heteroatoms. The van der Waals surface area contributed by atoms with Gasteiger partial charge in [0.15, 0.2) is 6.10 Å². The van der Waals surface area contributed by atoms with Crippen LogP contribution in [0.4, 0.5) is 0 Å². The first-order chi connectivity index (χ1) is 20.0. The van der Waals surface area contributed by atoms with Crippen LogP contribution in [-0.4, -0.2) is 81.7 Å². The number of aliphatic hydroxyl groups excluding tert-OH is 3. The molecule has 232 valence electrons. The zero-order valence-electron chi connectivity index (χ0n) is 24.7. The summed E-state index contributed by atoms with van der Waals surface area (Å²) in [5, 5.41) is 39.4. The number of carbonyl (C=O) groups excluding carboxylic acids is 1. The highest BCUT2D eigenvalue weighted by Crippen LogP contribution is 2.41. The molecule has 0 radical (unpaired) electrons. The first kappa shape index (κ1) is 33.7. The molecule has 3 aliphatic heterocycles. The number of rotatable bonds is 6. The predicted octanol–water partition coefficient (Wildman–Crippen LogP) is 3.96. The van der Waals surface area contributed by atoms with E-state index in [2.05, 4.69) is 6.08 Å². The molecule has 9 nitrogen and oxygen atoms in total. The Morgan fingerprint density at radius 1 is 1.14 bits per heavy atom. The second-order valence-corrected chi connectivity index (χ2v) is 11.7. The third-order valence-corrected chi connectivity index (χ3v) is 8.31. The van der Waals surface area contributed by atoms with E-state index in [-0.39, 0.29) is 37.3 Å². The average Bonchev–Trinajstić information content (AvgIpc) is 2.94. The summed E-state index contributed by atoms with van der Waals surface area (Å²) >= 11 is 0. The smallest absolute Gasteiger partial charge is 0.332 e. The Bertz CT molecular complexity index is 1090. The van der Waals surface area contributed by atoms with Gasteiger partial charge in [-0.25, -0.2) is 9.59 Å². The predicted molar refractivity (Wildman–Crippen MR) is 158 cm³/mol. The van der Waals surface area contributed by atoms with Crippen LogP contribution in [0.25, 0.3) is 0 Å². The Morgan fingerprint density at radius 2 is 1.93 bits per heavy atom. The van der Waals surface area contributed by atoms with Gasteiger partial charge in [-0.3, -0.25) is 0 Å². The maximum atomic E-state index is 12.8. The van der Waals surface area contributed by atoms with Gasteiger partial charge in [0.2, 0.25) is 0 Å². The second-order valence-electron chi connectivity index (χ2n) is 11.7. The molecule has 4 N–H and O–H groups in total. The summed E-state index contributed by atoms with van der Waals surface area (Å²) in [5.41, 5.74) is 0.130. The van der Waals surface area contributed by atoms with Gasteiger partial charge < -0.3 is 34.6 Å². The lowest BCUT2D eigenvalue weighted by Gasteiger charge is -2.47. The van der Waals surface area contributed by atoms with Gasteiger partial charge in [0.1, 0.15) is 6.10 Å². The lowest BCUT2D eigenvalue weighted by Crippen LogP contribution is -2.55. The van der Waals surface area contributed by atoms with Crippen LogP contribution < -0.4 is 0 Å². The molecule has 0 spiro atoms. The van der Waals surface area contributed by atoms with Crippen molar-refractivity contribution in [1.82, 2.24) is 0 Å². The van der Waals surface area contributed by atoms with Crippen molar-refractivity contribution in [3.63, 3.8) is 0 Å². The van der Waals surface area contributed by atoms with Gasteiger partial charge in [-0.15, -0.1) is 0 Å². The molecule has 1 unspecified atom stereocenters. The molecule has 0 aromatic rings. The standard InChI is InChI=1S/C33H46O9/c1-22-12-6-4-7-14-25-20-30(33(3,21-34)29(41-25)16-11-10-15-26(35)32(38)39)42-31(37)17-9-5-8-13-24-19-27(36)23(2)28(18-22)40-24/h5-12,14,17-18,23-30,34-36H,4,13,15-16,19-21H2,1-3H3,(H,38,39)/b8-5+,11-10-,12-6+,14-7+,17-9+,22-18+/t23-,24+,25-,26?,27+,28-,29+,30-,33+/m1/s1. The summed E-state index contributed by atoms with van der Waals surface area (Å²) < 4.78 is 18.5. The quantitative estimate of drug-likeness (QED) is 0.269. The van der Waals surface area contributed by atoms with Crippen LogP contribution in [0, 0.1) is 11.3 Å². The largest absolute Gasteiger partial charge is 0.479 e. The fraction of sp³-hybridized carbons (Fsp3) is 0.576. The molecule has 0 saturated carbocycles. The van der Waals surface area contributed by atoms with Crippen molar-refractivity contribution in [3.05, 3.63) is 72.4 Å². The Hall–Kier alpha value is -2.82. The summed E-state index contributed by atoms with van der Waals surface area (Å²) in [4.78, 5) is 23.7. The Morgan fingerprint density at radius 3 is 2.67 bits per heavy atom. The zero-order valence-corrected chi connectivity index (χ0v) is 24.7. The molecule has 3 rings (SSSR count). The van der Waals surface area contributed by atoms with Crippen LogP contribution in [0.1, 0.15) is 59.3 Å². The van der Waals surface area contributed by atoms with Crippen molar-refractivity contribution < 1.29 is 44.2 Å². The monoisotopic (exact) mass is 586 g/mol. The topological polar surface area (TPSA) is 143 Å². The third-order valence-electron chi connectivity index (χ3n) is 8.31. The molecule has 0 amide bonds. The van der Waals surface area contributed by atoms with E-state index in [4.69, 9.17) is 19.3 Å². The van der Waals surface area contributed by atoms with Crippen LogP contribution in [0.2, 0.25) is 0 Å². The van der Waals surface area contributed by atoms with Crippen molar-refractivity contribution in [2.24, 2.45) is 11.3 Å². The van der Waals surface area contributed by atoms with Gasteiger partial charge in [0.25, 0.3) is 0 Å². The first-order valence-electron chi connectivity index (χ1n) is 14.7. The maximum absolute atomic E-state index is 12.8. The van der Waals surface area contributed by atoms with Crippen LogP contribution >= 0.6 is 0 Å². The summed E-state index contributed by atoms with van der Waals surface area (Å²) in [7, 11) is 0. The van der Waals surface area contributed by atoms with Gasteiger partial charge >= 0.3 is 11.9 Å². The van der Waals surface area contributed by atoms with E-state index in [0.29, 0.717) is 32.1 Å². The number of carboxylic acid groups (broad SMARTS) is 1. The summed E-state index contributed by atoms with van der Waals surface area (Å²) in [6.07, 6.45) is 18.5. The Labute approximate surface area is 248 Å². The van der Waals surface area contributed by atoms with Crippen molar-refractivity contribution >= 4 is 11.9 Å². The number of hydrogen-bond acceptors (Lipinski definition) is 8. The maximum Gasteiger partial charge on any atom is 0.332 e. The molecule has 2 saturated heterocycles. The van der Waals surface area contributed by atoms with Crippen molar-refractivity contribution in [1.29, 1.82) is 0 Å². The van der Waals surface area contributed by atoms with E-state index in [9.17, 15) is 24.9 Å². The number of esters is 1. The van der Waals surface area contributed by atoms with Gasteiger partial charge in [0.05, 0.1) is 42.5 Å². The highest BCUT2D eigenvalue weighted by molar-refractivity contribution is 5.82. The number of carbonyl (C=O) groups is 2. The van der Waals surface area contributed by atoms with Crippen LogP contribution in [0.3, 0.4) is 0 Å². The van der Waals surface area contributed by atoms with E-state index in [0.717, 1.165) is 5.57 Å². The van der Waals surface area contributed by atoms with Gasteiger partial charge in [-0.1, -0.05) is 80.2 Å². The molecule has 9 atom stereocenters. The van der Waals surface area contributed by atoms with Crippen LogP contribution in [0.5, 0.6) is 0 Å². The molecule has 3 aliphatic rings. The minimum atomic E-state index is -1.49. The van der Waals surface area contributed by atoms with E-state index >= 15 is 0 Å². The number of aliphatic carboxylic acids is 1. The van der Waals surface area contributed by atoms with Crippen molar-refractivity contribution in [2.75, 3.05) is 6.61 Å². The third kappa shape index (κ3) is 9.61. The number of allylic oxidation sites excluding steroid dienone is 6. The lowest BCUT2D eigenvalue weighted by atomic mass is 9.73. The molecular weight excluding hydrogens is 540 g/mol. The number of aliphatic hydroxyl groups is 3. The number of carboxylic acids is 1. The van der Waals surface area contributed by atoms with E-state index in [1.54, 1.807) is 24.3 Å².